The Morgan fingerprint density at radius 3 is 1.97 bits per heavy atom. The molecule has 0 heterocycles. The Balaban J connectivity index is 1.90. The molecule has 0 aliphatic rings. The topological polar surface area (TPSA) is 75.3 Å². The third kappa shape index (κ3) is 5.34. The SMILES string of the molecule is Cc1cc(C)c(NC(=O)[C@@H](Cc2ccccc2)NS(=O)(=O)c2ccccc2)c(C)c1. The molecule has 2 N–H and O–H groups in total. The van der Waals surface area contributed by atoms with E-state index < -0.39 is 22.0 Å². The summed E-state index contributed by atoms with van der Waals surface area (Å²) in [6, 6.07) is 20.4. The first-order valence-electron chi connectivity index (χ1n) is 9.76. The minimum absolute atomic E-state index is 0.124. The Bertz CT molecular complexity index is 1100. The molecular formula is C24H26N2O3S. The summed E-state index contributed by atoms with van der Waals surface area (Å²) in [7, 11) is -3.85. The Morgan fingerprint density at radius 2 is 1.40 bits per heavy atom. The number of hydrogen-bond acceptors (Lipinski definition) is 3. The normalized spacial score (nSPS) is 12.4. The van der Waals surface area contributed by atoms with Crippen molar-refractivity contribution in [3.63, 3.8) is 0 Å². The fraction of sp³-hybridized carbons (Fsp3) is 0.208. The molecule has 0 unspecified atom stereocenters. The van der Waals surface area contributed by atoms with Crippen molar-refractivity contribution in [3.8, 4) is 0 Å². The molecule has 0 aliphatic carbocycles. The maximum atomic E-state index is 13.2. The molecule has 0 radical (unpaired) electrons. The van der Waals surface area contributed by atoms with Crippen LogP contribution >= 0.6 is 0 Å². The molecule has 3 aromatic rings. The Morgan fingerprint density at radius 1 is 0.867 bits per heavy atom. The lowest BCUT2D eigenvalue weighted by Gasteiger charge is -2.20. The highest BCUT2D eigenvalue weighted by Gasteiger charge is 2.26. The first-order valence-corrected chi connectivity index (χ1v) is 11.2. The smallest absolute Gasteiger partial charge is 0.242 e. The lowest BCUT2D eigenvalue weighted by molar-refractivity contribution is -0.117. The zero-order valence-electron chi connectivity index (χ0n) is 17.3. The second-order valence-corrected chi connectivity index (χ2v) is 9.15. The van der Waals surface area contributed by atoms with Gasteiger partial charge in [-0.2, -0.15) is 4.72 Å². The summed E-state index contributed by atoms with van der Waals surface area (Å²) >= 11 is 0. The van der Waals surface area contributed by atoms with E-state index in [1.54, 1.807) is 18.2 Å². The van der Waals surface area contributed by atoms with Crippen molar-refractivity contribution in [1.29, 1.82) is 0 Å². The number of sulfonamides is 1. The molecule has 6 heteroatoms. The molecule has 0 spiro atoms. The summed E-state index contributed by atoms with van der Waals surface area (Å²) in [6.45, 7) is 5.85. The van der Waals surface area contributed by atoms with Crippen LogP contribution in [0.25, 0.3) is 0 Å². The van der Waals surface area contributed by atoms with E-state index in [9.17, 15) is 13.2 Å². The lowest BCUT2D eigenvalue weighted by atomic mass is 10.0. The highest BCUT2D eigenvalue weighted by molar-refractivity contribution is 7.89. The summed E-state index contributed by atoms with van der Waals surface area (Å²) in [5.41, 5.74) is 4.55. The van der Waals surface area contributed by atoms with Gasteiger partial charge in [0.1, 0.15) is 6.04 Å². The molecule has 0 bridgehead atoms. The fourth-order valence-electron chi connectivity index (χ4n) is 3.48. The largest absolute Gasteiger partial charge is 0.324 e. The van der Waals surface area contributed by atoms with Gasteiger partial charge in [0.15, 0.2) is 0 Å². The van der Waals surface area contributed by atoms with Crippen LogP contribution in [-0.4, -0.2) is 20.4 Å². The maximum Gasteiger partial charge on any atom is 0.242 e. The van der Waals surface area contributed by atoms with E-state index in [1.807, 2.05) is 63.2 Å². The van der Waals surface area contributed by atoms with Gasteiger partial charge >= 0.3 is 0 Å². The average molecular weight is 423 g/mol. The monoisotopic (exact) mass is 422 g/mol. The molecule has 3 aromatic carbocycles. The summed E-state index contributed by atoms with van der Waals surface area (Å²) in [4.78, 5) is 13.3. The van der Waals surface area contributed by atoms with Gasteiger partial charge in [0.2, 0.25) is 15.9 Å². The number of aryl methyl sites for hydroxylation is 3. The van der Waals surface area contributed by atoms with Gasteiger partial charge in [-0.3, -0.25) is 4.79 Å². The number of amides is 1. The maximum absolute atomic E-state index is 13.2. The molecule has 0 aromatic heterocycles. The van der Waals surface area contributed by atoms with Gasteiger partial charge in [-0.25, -0.2) is 8.42 Å². The van der Waals surface area contributed by atoms with Crippen LogP contribution < -0.4 is 10.0 Å². The minimum atomic E-state index is -3.85. The Labute approximate surface area is 178 Å². The molecule has 156 valence electrons. The van der Waals surface area contributed by atoms with Gasteiger partial charge in [0, 0.05) is 5.69 Å². The highest BCUT2D eigenvalue weighted by Crippen LogP contribution is 2.22. The quantitative estimate of drug-likeness (QED) is 0.601. The third-order valence-electron chi connectivity index (χ3n) is 4.88. The summed E-state index contributed by atoms with van der Waals surface area (Å²) in [6.07, 6.45) is 0.239. The molecule has 5 nitrogen and oxygen atoms in total. The van der Waals surface area contributed by atoms with E-state index in [4.69, 9.17) is 0 Å². The van der Waals surface area contributed by atoms with Crippen LogP contribution in [0.3, 0.4) is 0 Å². The van der Waals surface area contributed by atoms with Crippen molar-refractivity contribution >= 4 is 21.6 Å². The van der Waals surface area contributed by atoms with E-state index in [0.717, 1.165) is 22.3 Å². The summed E-state index contributed by atoms with van der Waals surface area (Å²) in [5, 5.41) is 2.93. The van der Waals surface area contributed by atoms with Crippen molar-refractivity contribution in [2.75, 3.05) is 5.32 Å². The van der Waals surface area contributed by atoms with Crippen LogP contribution in [-0.2, 0) is 21.2 Å². The summed E-state index contributed by atoms with van der Waals surface area (Å²) < 4.78 is 28.3. The average Bonchev–Trinajstić information content (AvgIpc) is 2.71. The van der Waals surface area contributed by atoms with Crippen molar-refractivity contribution in [3.05, 3.63) is 95.1 Å². The molecule has 0 fully saturated rings. The second-order valence-electron chi connectivity index (χ2n) is 7.44. The first kappa shape index (κ1) is 21.7. The number of anilines is 1. The number of benzene rings is 3. The van der Waals surface area contributed by atoms with Crippen molar-refractivity contribution in [2.45, 2.75) is 38.1 Å². The minimum Gasteiger partial charge on any atom is -0.324 e. The highest BCUT2D eigenvalue weighted by atomic mass is 32.2. The molecule has 1 atom stereocenters. The standard InChI is InChI=1S/C24H26N2O3S/c1-17-14-18(2)23(19(3)15-17)25-24(27)22(16-20-10-6-4-7-11-20)26-30(28,29)21-12-8-5-9-13-21/h4-15,22,26H,16H2,1-3H3,(H,25,27)/t22-/m1/s1. The van der Waals surface area contributed by atoms with E-state index in [-0.39, 0.29) is 11.3 Å². The fourth-order valence-corrected chi connectivity index (χ4v) is 4.70. The Hall–Kier alpha value is -2.96. The predicted octanol–water partition coefficient (Wildman–Crippen LogP) is 4.14. The molecule has 1 amide bonds. The zero-order chi connectivity index (χ0) is 21.7. The molecule has 30 heavy (non-hydrogen) atoms. The van der Waals surface area contributed by atoms with Crippen LogP contribution in [0.5, 0.6) is 0 Å². The first-order chi connectivity index (χ1) is 14.3. The molecular weight excluding hydrogens is 396 g/mol. The molecule has 0 saturated heterocycles. The third-order valence-corrected chi connectivity index (χ3v) is 6.36. The Kier molecular flexibility index (Phi) is 6.70. The van der Waals surface area contributed by atoms with Crippen LogP contribution in [0.2, 0.25) is 0 Å². The van der Waals surface area contributed by atoms with Gasteiger partial charge < -0.3 is 5.32 Å². The zero-order valence-corrected chi connectivity index (χ0v) is 18.2. The molecule has 3 rings (SSSR count). The van der Waals surface area contributed by atoms with Crippen molar-refractivity contribution in [2.24, 2.45) is 0 Å². The van der Waals surface area contributed by atoms with E-state index in [2.05, 4.69) is 10.0 Å². The number of carbonyl (C=O) groups is 1. The number of rotatable bonds is 7. The van der Waals surface area contributed by atoms with Gasteiger partial charge in [-0.1, -0.05) is 66.2 Å². The van der Waals surface area contributed by atoms with Crippen LogP contribution in [0.15, 0.2) is 77.7 Å². The van der Waals surface area contributed by atoms with Crippen molar-refractivity contribution in [1.82, 2.24) is 4.72 Å². The van der Waals surface area contributed by atoms with E-state index in [0.29, 0.717) is 5.69 Å². The van der Waals surface area contributed by atoms with Crippen LogP contribution in [0.1, 0.15) is 22.3 Å². The van der Waals surface area contributed by atoms with Gasteiger partial charge in [0.05, 0.1) is 4.90 Å². The summed E-state index contributed by atoms with van der Waals surface area (Å²) in [5.74, 6) is -0.395. The van der Waals surface area contributed by atoms with Crippen molar-refractivity contribution < 1.29 is 13.2 Å². The predicted molar refractivity (Wildman–Crippen MR) is 120 cm³/mol. The molecule has 0 saturated carbocycles. The van der Waals surface area contributed by atoms with Gasteiger partial charge in [-0.05, 0) is 56.0 Å². The second kappa shape index (κ2) is 9.24. The number of carbonyl (C=O) groups excluding carboxylic acids is 1. The number of nitrogens with one attached hydrogen (secondary N) is 2. The molecule has 0 aliphatic heterocycles. The van der Waals surface area contributed by atoms with Gasteiger partial charge in [-0.15, -0.1) is 0 Å². The number of hydrogen-bond donors (Lipinski definition) is 2. The van der Waals surface area contributed by atoms with E-state index >= 15 is 0 Å². The lowest BCUT2D eigenvalue weighted by Crippen LogP contribution is -2.45. The van der Waals surface area contributed by atoms with Crippen LogP contribution in [0.4, 0.5) is 5.69 Å². The van der Waals surface area contributed by atoms with E-state index in [1.165, 1.54) is 12.1 Å². The van der Waals surface area contributed by atoms with Gasteiger partial charge in [0.25, 0.3) is 0 Å². The van der Waals surface area contributed by atoms with Crippen LogP contribution in [0, 0.1) is 20.8 Å².